The molecule has 3 amide bonds. The van der Waals surface area contributed by atoms with Crippen molar-refractivity contribution in [3.63, 3.8) is 0 Å². The van der Waals surface area contributed by atoms with Gasteiger partial charge in [0.05, 0.1) is 0 Å². The lowest BCUT2D eigenvalue weighted by atomic mass is 9.91. The third-order valence-electron chi connectivity index (χ3n) is 5.21. The van der Waals surface area contributed by atoms with Crippen LogP contribution in [0.15, 0.2) is 53.1 Å². The van der Waals surface area contributed by atoms with Gasteiger partial charge in [-0.1, -0.05) is 54.4 Å². The zero-order valence-electron chi connectivity index (χ0n) is 16.7. The van der Waals surface area contributed by atoms with E-state index in [9.17, 15) is 9.59 Å². The molecular formula is C22H21ClN4O3. The van der Waals surface area contributed by atoms with Gasteiger partial charge in [0.2, 0.25) is 11.7 Å². The fourth-order valence-corrected chi connectivity index (χ4v) is 3.63. The molecule has 1 aliphatic rings. The Morgan fingerprint density at radius 1 is 1.10 bits per heavy atom. The average molecular weight is 425 g/mol. The molecule has 0 saturated carbocycles. The minimum atomic E-state index is -1.14. The topological polar surface area (TPSA) is 88.3 Å². The highest BCUT2D eigenvalue weighted by atomic mass is 35.5. The number of nitrogens with one attached hydrogen (secondary N) is 1. The third-order valence-corrected chi connectivity index (χ3v) is 5.46. The molecular weight excluding hydrogens is 404 g/mol. The molecule has 0 radical (unpaired) electrons. The first-order valence-electron chi connectivity index (χ1n) is 9.73. The number of carbonyl (C=O) groups is 2. The van der Waals surface area contributed by atoms with E-state index in [1.165, 1.54) is 5.56 Å². The van der Waals surface area contributed by atoms with E-state index in [4.69, 9.17) is 16.1 Å². The van der Waals surface area contributed by atoms with Crippen molar-refractivity contribution in [3.8, 4) is 11.4 Å². The van der Waals surface area contributed by atoms with E-state index in [0.29, 0.717) is 10.8 Å². The van der Waals surface area contributed by atoms with Crippen LogP contribution in [-0.4, -0.2) is 27.0 Å². The molecule has 2 heterocycles. The van der Waals surface area contributed by atoms with Gasteiger partial charge in [-0.2, -0.15) is 4.98 Å². The highest BCUT2D eigenvalue weighted by molar-refractivity contribution is 6.30. The van der Waals surface area contributed by atoms with E-state index in [1.807, 2.05) is 24.3 Å². The second-order valence-electron chi connectivity index (χ2n) is 7.41. The number of hydrogen-bond donors (Lipinski definition) is 1. The van der Waals surface area contributed by atoms with Gasteiger partial charge in [-0.15, -0.1) is 0 Å². The van der Waals surface area contributed by atoms with Crippen LogP contribution in [-0.2, 0) is 23.3 Å². The van der Waals surface area contributed by atoms with Crippen LogP contribution >= 0.6 is 11.6 Å². The summed E-state index contributed by atoms with van der Waals surface area (Å²) in [6, 6.07) is 14.2. The van der Waals surface area contributed by atoms with Crippen molar-refractivity contribution in [2.24, 2.45) is 0 Å². The molecule has 1 aliphatic heterocycles. The summed E-state index contributed by atoms with van der Waals surface area (Å²) in [6.45, 7) is 3.72. The number of imide groups is 1. The van der Waals surface area contributed by atoms with Crippen LogP contribution in [0.25, 0.3) is 11.4 Å². The van der Waals surface area contributed by atoms with E-state index in [2.05, 4.69) is 22.4 Å². The number of amides is 3. The third kappa shape index (κ3) is 3.68. The van der Waals surface area contributed by atoms with Gasteiger partial charge in [0.25, 0.3) is 5.91 Å². The lowest BCUT2D eigenvalue weighted by Crippen LogP contribution is -2.40. The second-order valence-corrected chi connectivity index (χ2v) is 7.85. The maximum Gasteiger partial charge on any atom is 0.325 e. The summed E-state index contributed by atoms with van der Waals surface area (Å²) in [4.78, 5) is 31.1. The van der Waals surface area contributed by atoms with Gasteiger partial charge in [-0.25, -0.2) is 4.79 Å². The maximum absolute atomic E-state index is 13.1. The molecule has 0 bridgehead atoms. The molecule has 1 saturated heterocycles. The molecule has 4 rings (SSSR count). The first kappa shape index (κ1) is 20.1. The molecule has 0 spiro atoms. The molecule has 1 aromatic heterocycles. The molecule has 2 aromatic carbocycles. The van der Waals surface area contributed by atoms with Gasteiger partial charge in [0, 0.05) is 10.6 Å². The zero-order chi connectivity index (χ0) is 21.3. The summed E-state index contributed by atoms with van der Waals surface area (Å²) in [6.07, 6.45) is 2.01. The van der Waals surface area contributed by atoms with Crippen molar-refractivity contribution in [2.45, 2.75) is 38.8 Å². The predicted octanol–water partition coefficient (Wildman–Crippen LogP) is 4.31. The van der Waals surface area contributed by atoms with Gasteiger partial charge < -0.3 is 9.84 Å². The first-order valence-corrected chi connectivity index (χ1v) is 10.1. The zero-order valence-corrected chi connectivity index (χ0v) is 17.4. The van der Waals surface area contributed by atoms with Crippen molar-refractivity contribution in [1.82, 2.24) is 20.4 Å². The fourth-order valence-electron chi connectivity index (χ4n) is 3.50. The van der Waals surface area contributed by atoms with Crippen LogP contribution in [0.1, 0.15) is 37.3 Å². The normalized spacial score (nSPS) is 18.7. The summed E-state index contributed by atoms with van der Waals surface area (Å²) in [5.41, 5.74) is 1.51. The fraction of sp³-hybridized carbons (Fsp3) is 0.273. The summed E-state index contributed by atoms with van der Waals surface area (Å²) < 4.78 is 5.26. The number of rotatable bonds is 6. The minimum absolute atomic E-state index is 0.102. The Labute approximate surface area is 179 Å². The number of urea groups is 1. The van der Waals surface area contributed by atoms with Crippen molar-refractivity contribution >= 4 is 23.5 Å². The van der Waals surface area contributed by atoms with E-state index in [0.717, 1.165) is 28.9 Å². The molecule has 30 heavy (non-hydrogen) atoms. The van der Waals surface area contributed by atoms with Gasteiger partial charge >= 0.3 is 6.03 Å². The number of carbonyl (C=O) groups excluding carboxylic acids is 2. The molecule has 1 N–H and O–H groups in total. The lowest BCUT2D eigenvalue weighted by molar-refractivity contribution is -0.131. The summed E-state index contributed by atoms with van der Waals surface area (Å²) in [5, 5.41) is 7.33. The molecule has 7 nitrogen and oxygen atoms in total. The number of nitrogens with zero attached hydrogens (tertiary/aromatic N) is 3. The minimum Gasteiger partial charge on any atom is -0.337 e. The number of hydrogen-bond acceptors (Lipinski definition) is 5. The summed E-state index contributed by atoms with van der Waals surface area (Å²) in [5.74, 6) is 0.177. The molecule has 0 aliphatic carbocycles. The largest absolute Gasteiger partial charge is 0.337 e. The van der Waals surface area contributed by atoms with Crippen molar-refractivity contribution in [2.75, 3.05) is 0 Å². The Balaban J connectivity index is 1.52. The summed E-state index contributed by atoms with van der Waals surface area (Å²) in [7, 11) is 0. The Morgan fingerprint density at radius 3 is 2.47 bits per heavy atom. The number of halogens is 1. The van der Waals surface area contributed by atoms with Crippen molar-refractivity contribution < 1.29 is 14.1 Å². The molecule has 1 atom stereocenters. The van der Waals surface area contributed by atoms with E-state index in [-0.39, 0.29) is 18.3 Å². The molecule has 8 heteroatoms. The first-order chi connectivity index (χ1) is 14.4. The van der Waals surface area contributed by atoms with Crippen LogP contribution in [0.2, 0.25) is 5.02 Å². The maximum atomic E-state index is 13.1. The number of benzene rings is 2. The lowest BCUT2D eigenvalue weighted by Gasteiger charge is -2.22. The van der Waals surface area contributed by atoms with Gasteiger partial charge in [0.15, 0.2) is 0 Å². The smallest absolute Gasteiger partial charge is 0.325 e. The summed E-state index contributed by atoms with van der Waals surface area (Å²) >= 11 is 5.90. The highest BCUT2D eigenvalue weighted by Crippen LogP contribution is 2.30. The quantitative estimate of drug-likeness (QED) is 0.595. The Morgan fingerprint density at radius 2 is 1.80 bits per heavy atom. The number of aryl methyl sites for hydroxylation is 1. The van der Waals surface area contributed by atoms with Crippen LogP contribution < -0.4 is 5.32 Å². The Hall–Kier alpha value is -3.19. The van der Waals surface area contributed by atoms with Crippen LogP contribution in [0.4, 0.5) is 4.79 Å². The van der Waals surface area contributed by atoms with Crippen molar-refractivity contribution in [3.05, 3.63) is 70.6 Å². The molecule has 154 valence electrons. The van der Waals surface area contributed by atoms with E-state index in [1.54, 1.807) is 31.2 Å². The molecule has 1 unspecified atom stereocenters. The number of aromatic nitrogens is 2. The van der Waals surface area contributed by atoms with Gasteiger partial charge in [-0.05, 0) is 48.7 Å². The molecule has 1 fully saturated rings. The average Bonchev–Trinajstić information content (AvgIpc) is 3.29. The van der Waals surface area contributed by atoms with Gasteiger partial charge in [-0.3, -0.25) is 9.69 Å². The second kappa shape index (κ2) is 7.91. The van der Waals surface area contributed by atoms with E-state index < -0.39 is 11.6 Å². The van der Waals surface area contributed by atoms with Crippen LogP contribution in [0, 0.1) is 0 Å². The van der Waals surface area contributed by atoms with E-state index >= 15 is 0 Å². The SMILES string of the molecule is CCCc1ccc(C2(C)NC(=O)N(Cc3nc(-c4ccc(Cl)cc4)no3)C2=O)cc1. The Kier molecular flexibility index (Phi) is 5.30. The van der Waals surface area contributed by atoms with Crippen LogP contribution in [0.5, 0.6) is 0 Å². The van der Waals surface area contributed by atoms with Gasteiger partial charge in [0.1, 0.15) is 12.1 Å². The monoisotopic (exact) mass is 424 g/mol. The predicted molar refractivity (Wildman–Crippen MR) is 112 cm³/mol. The highest BCUT2D eigenvalue weighted by Gasteiger charge is 2.49. The molecule has 3 aromatic rings. The van der Waals surface area contributed by atoms with Crippen LogP contribution in [0.3, 0.4) is 0 Å². The Bertz CT molecular complexity index is 1080. The van der Waals surface area contributed by atoms with Crippen molar-refractivity contribution in [1.29, 1.82) is 0 Å². The standard InChI is InChI=1S/C22H21ClN4O3/c1-3-4-14-5-9-16(10-6-14)22(2)20(28)27(21(29)25-22)13-18-24-19(26-30-18)15-7-11-17(23)12-8-15/h5-12H,3-4,13H2,1-2H3,(H,25,29).